The van der Waals surface area contributed by atoms with E-state index in [-0.39, 0.29) is 29.0 Å². The fraction of sp³-hybridized carbons (Fsp3) is 0.938. The molecule has 0 aromatic heterocycles. The van der Waals surface area contributed by atoms with Crippen molar-refractivity contribution in [1.82, 2.24) is 0 Å². The Morgan fingerprint density at radius 1 is 1.11 bits per heavy atom. The highest BCUT2D eigenvalue weighted by atomic mass is 16.6. The Morgan fingerprint density at radius 2 is 1.68 bits per heavy atom. The summed E-state index contributed by atoms with van der Waals surface area (Å²) < 4.78 is 11.4. The number of rotatable bonds is 2. The van der Waals surface area contributed by atoms with E-state index in [4.69, 9.17) is 9.47 Å². The van der Waals surface area contributed by atoms with Gasteiger partial charge in [-0.3, -0.25) is 4.79 Å². The largest absolute Gasteiger partial charge is 0.463 e. The Balaban J connectivity index is 2.74. The summed E-state index contributed by atoms with van der Waals surface area (Å²) in [6.45, 7) is 15.4. The highest BCUT2D eigenvalue weighted by Crippen LogP contribution is 2.44. The van der Waals surface area contributed by atoms with E-state index in [2.05, 4.69) is 41.5 Å². The number of carbonyl (C=O) groups excluding carboxylic acids is 1. The molecule has 3 nitrogen and oxygen atoms in total. The van der Waals surface area contributed by atoms with E-state index in [9.17, 15) is 4.79 Å². The third-order valence-corrected chi connectivity index (χ3v) is 3.94. The summed E-state index contributed by atoms with van der Waals surface area (Å²) in [4.78, 5) is 10.9. The molecule has 1 fully saturated rings. The average molecular weight is 270 g/mol. The maximum absolute atomic E-state index is 10.9. The van der Waals surface area contributed by atoms with Crippen LogP contribution in [0.15, 0.2) is 0 Å². The first kappa shape index (κ1) is 16.5. The Morgan fingerprint density at radius 3 is 2.11 bits per heavy atom. The molecule has 0 aromatic carbocycles. The average Bonchev–Trinajstić information content (AvgIpc) is 2.23. The Bertz CT molecular complexity index is 309. The van der Waals surface area contributed by atoms with Gasteiger partial charge in [0.15, 0.2) is 0 Å². The number of ether oxygens (including phenoxy) is 2. The molecule has 1 saturated heterocycles. The van der Waals surface area contributed by atoms with Gasteiger partial charge < -0.3 is 9.47 Å². The molecule has 1 heterocycles. The minimum absolute atomic E-state index is 0.0479. The third kappa shape index (κ3) is 4.79. The summed E-state index contributed by atoms with van der Waals surface area (Å²) in [5.74, 6) is 0.315. The molecule has 0 spiro atoms. The first-order valence-electron chi connectivity index (χ1n) is 7.30. The molecule has 112 valence electrons. The molecule has 0 N–H and O–H groups in total. The molecular weight excluding hydrogens is 240 g/mol. The zero-order valence-corrected chi connectivity index (χ0v) is 13.6. The summed E-state index contributed by atoms with van der Waals surface area (Å²) in [7, 11) is 0. The summed E-state index contributed by atoms with van der Waals surface area (Å²) >= 11 is 0. The van der Waals surface area contributed by atoms with Crippen molar-refractivity contribution in [3.05, 3.63) is 0 Å². The molecular formula is C16H30O3. The number of carbonyl (C=O) groups is 1. The van der Waals surface area contributed by atoms with Gasteiger partial charge in [0.05, 0.1) is 12.2 Å². The second kappa shape index (κ2) is 5.82. The van der Waals surface area contributed by atoms with Crippen LogP contribution in [0.25, 0.3) is 0 Å². The van der Waals surface area contributed by atoms with Gasteiger partial charge in [-0.25, -0.2) is 0 Å². The molecule has 3 atom stereocenters. The molecule has 0 amide bonds. The highest BCUT2D eigenvalue weighted by molar-refractivity contribution is 5.65. The predicted molar refractivity (Wildman–Crippen MR) is 76.9 cm³/mol. The van der Waals surface area contributed by atoms with Crippen LogP contribution in [0.3, 0.4) is 0 Å². The van der Waals surface area contributed by atoms with Crippen LogP contribution in [0.4, 0.5) is 0 Å². The van der Waals surface area contributed by atoms with Crippen molar-refractivity contribution < 1.29 is 14.3 Å². The van der Waals surface area contributed by atoms with Crippen LogP contribution in [-0.4, -0.2) is 24.8 Å². The lowest BCUT2D eigenvalue weighted by atomic mass is 9.66. The van der Waals surface area contributed by atoms with Crippen molar-refractivity contribution >= 4 is 5.97 Å². The van der Waals surface area contributed by atoms with E-state index >= 15 is 0 Å². The zero-order valence-electron chi connectivity index (χ0n) is 13.6. The van der Waals surface area contributed by atoms with Crippen LogP contribution < -0.4 is 0 Å². The fourth-order valence-corrected chi connectivity index (χ4v) is 2.91. The van der Waals surface area contributed by atoms with Gasteiger partial charge in [0.2, 0.25) is 0 Å². The Labute approximate surface area is 118 Å². The van der Waals surface area contributed by atoms with Crippen LogP contribution in [0.2, 0.25) is 0 Å². The highest BCUT2D eigenvalue weighted by Gasteiger charge is 2.43. The lowest BCUT2D eigenvalue weighted by molar-refractivity contribution is -0.176. The van der Waals surface area contributed by atoms with Crippen molar-refractivity contribution in [1.29, 1.82) is 0 Å². The molecule has 3 unspecified atom stereocenters. The summed E-state index contributed by atoms with van der Waals surface area (Å²) in [6.07, 6.45) is 2.37. The molecule has 1 rings (SSSR count). The number of esters is 1. The quantitative estimate of drug-likeness (QED) is 0.716. The first-order valence-corrected chi connectivity index (χ1v) is 7.30. The van der Waals surface area contributed by atoms with Gasteiger partial charge in [0.25, 0.3) is 0 Å². The van der Waals surface area contributed by atoms with Crippen LogP contribution in [0, 0.1) is 16.7 Å². The van der Waals surface area contributed by atoms with Crippen molar-refractivity contribution in [2.45, 2.75) is 73.5 Å². The minimum Gasteiger partial charge on any atom is -0.463 e. The standard InChI is InChI=1S/C16H30O3/c1-11(17)18-10-12-8-9-13(15(2,3)4)14(19-12)16(5,6)7/h12-14H,8-10H2,1-7H3. The van der Waals surface area contributed by atoms with E-state index in [1.807, 2.05) is 0 Å². The molecule has 1 aliphatic rings. The van der Waals surface area contributed by atoms with Gasteiger partial charge in [-0.1, -0.05) is 41.5 Å². The monoisotopic (exact) mass is 270 g/mol. The van der Waals surface area contributed by atoms with Gasteiger partial charge in [-0.2, -0.15) is 0 Å². The van der Waals surface area contributed by atoms with Gasteiger partial charge in [-0.05, 0) is 29.6 Å². The first-order chi connectivity index (χ1) is 8.51. The second-order valence-electron chi connectivity index (χ2n) is 7.90. The fourth-order valence-electron chi connectivity index (χ4n) is 2.91. The van der Waals surface area contributed by atoms with Crippen molar-refractivity contribution in [2.75, 3.05) is 6.61 Å². The summed E-state index contributed by atoms with van der Waals surface area (Å²) in [5, 5.41) is 0. The van der Waals surface area contributed by atoms with Crippen LogP contribution in [0.5, 0.6) is 0 Å². The molecule has 3 heteroatoms. The van der Waals surface area contributed by atoms with Crippen molar-refractivity contribution in [3.63, 3.8) is 0 Å². The second-order valence-corrected chi connectivity index (χ2v) is 7.90. The number of hydrogen-bond donors (Lipinski definition) is 0. The Hall–Kier alpha value is -0.570. The molecule has 1 aliphatic heterocycles. The van der Waals surface area contributed by atoms with Gasteiger partial charge in [-0.15, -0.1) is 0 Å². The SMILES string of the molecule is CC(=O)OCC1CCC(C(C)(C)C)C(C(C)(C)C)O1. The maximum atomic E-state index is 10.9. The van der Waals surface area contributed by atoms with E-state index in [0.717, 1.165) is 12.8 Å². The minimum atomic E-state index is -0.228. The van der Waals surface area contributed by atoms with E-state index in [0.29, 0.717) is 12.5 Å². The molecule has 19 heavy (non-hydrogen) atoms. The van der Waals surface area contributed by atoms with Crippen molar-refractivity contribution in [2.24, 2.45) is 16.7 Å². The topological polar surface area (TPSA) is 35.5 Å². The van der Waals surface area contributed by atoms with Gasteiger partial charge >= 0.3 is 5.97 Å². The van der Waals surface area contributed by atoms with E-state index < -0.39 is 0 Å². The van der Waals surface area contributed by atoms with Crippen LogP contribution in [0.1, 0.15) is 61.3 Å². The molecule has 0 radical (unpaired) electrons. The van der Waals surface area contributed by atoms with Crippen molar-refractivity contribution in [3.8, 4) is 0 Å². The lowest BCUT2D eigenvalue weighted by Gasteiger charge is -2.48. The van der Waals surface area contributed by atoms with Gasteiger partial charge in [0.1, 0.15) is 6.61 Å². The molecule has 0 aliphatic carbocycles. The smallest absolute Gasteiger partial charge is 0.302 e. The Kier molecular flexibility index (Phi) is 5.05. The van der Waals surface area contributed by atoms with E-state index in [1.165, 1.54) is 6.92 Å². The van der Waals surface area contributed by atoms with Crippen LogP contribution in [-0.2, 0) is 14.3 Å². The summed E-state index contributed by atoms with van der Waals surface area (Å²) in [6, 6.07) is 0. The van der Waals surface area contributed by atoms with E-state index in [1.54, 1.807) is 0 Å². The molecule has 0 bridgehead atoms. The number of hydrogen-bond acceptors (Lipinski definition) is 3. The lowest BCUT2D eigenvalue weighted by Crippen LogP contribution is -2.49. The van der Waals surface area contributed by atoms with Gasteiger partial charge in [0, 0.05) is 6.92 Å². The molecule has 0 saturated carbocycles. The summed E-state index contributed by atoms with van der Waals surface area (Å²) in [5.41, 5.74) is 0.344. The maximum Gasteiger partial charge on any atom is 0.302 e. The molecule has 0 aromatic rings. The zero-order chi connectivity index (χ0) is 14.8. The van der Waals surface area contributed by atoms with Crippen LogP contribution >= 0.6 is 0 Å². The predicted octanol–water partition coefficient (Wildman–Crippen LogP) is 3.81. The normalized spacial score (nSPS) is 29.1. The third-order valence-electron chi connectivity index (χ3n) is 3.94.